The van der Waals surface area contributed by atoms with Gasteiger partial charge in [-0.15, -0.1) is 0 Å². The quantitative estimate of drug-likeness (QED) is 0.688. The maximum atomic E-state index is 12.1. The molecule has 1 rings (SSSR count). The van der Waals surface area contributed by atoms with Crippen molar-refractivity contribution in [2.75, 3.05) is 33.4 Å². The molecule has 106 valence electrons. The van der Waals surface area contributed by atoms with Crippen LogP contribution in [-0.4, -0.2) is 49.3 Å². The van der Waals surface area contributed by atoms with E-state index in [1.54, 1.807) is 12.0 Å². The van der Waals surface area contributed by atoms with Gasteiger partial charge in [0.2, 0.25) is 5.91 Å². The average molecular weight is 265 g/mol. The molecule has 0 bridgehead atoms. The number of aryl methyl sites for hydroxylation is 1. The molecule has 19 heavy (non-hydrogen) atoms. The van der Waals surface area contributed by atoms with Gasteiger partial charge in [0.1, 0.15) is 0 Å². The van der Waals surface area contributed by atoms with Crippen molar-refractivity contribution >= 4 is 5.91 Å². The first-order chi connectivity index (χ1) is 9.27. The van der Waals surface area contributed by atoms with Crippen LogP contribution in [0.1, 0.15) is 18.4 Å². The minimum atomic E-state index is 0.00403. The summed E-state index contributed by atoms with van der Waals surface area (Å²) in [5.41, 5.74) is 1.16. The van der Waals surface area contributed by atoms with E-state index in [0.717, 1.165) is 18.4 Å². The van der Waals surface area contributed by atoms with Crippen LogP contribution in [0.15, 0.2) is 30.3 Å². The fourth-order valence-electron chi connectivity index (χ4n) is 1.94. The van der Waals surface area contributed by atoms with E-state index in [9.17, 15) is 4.79 Å². The standard InChI is InChI=1S/C15H23NO3/c1-19-13-5-10-16(11-12-17)15(18)9-8-14-6-3-2-4-7-14/h2-4,6-7,17H,5,8-13H2,1H3. The largest absolute Gasteiger partial charge is 0.395 e. The SMILES string of the molecule is COCCCN(CCO)C(=O)CCc1ccccc1. The predicted molar refractivity (Wildman–Crippen MR) is 74.9 cm³/mol. The second kappa shape index (κ2) is 9.53. The van der Waals surface area contributed by atoms with E-state index >= 15 is 0 Å². The summed E-state index contributed by atoms with van der Waals surface area (Å²) in [6.45, 7) is 1.68. The number of hydrogen-bond donors (Lipinski definition) is 1. The van der Waals surface area contributed by atoms with Crippen LogP contribution in [0.3, 0.4) is 0 Å². The Morgan fingerprint density at radius 3 is 2.63 bits per heavy atom. The Morgan fingerprint density at radius 1 is 1.26 bits per heavy atom. The van der Waals surface area contributed by atoms with Crippen LogP contribution < -0.4 is 0 Å². The molecule has 0 radical (unpaired) electrons. The van der Waals surface area contributed by atoms with Gasteiger partial charge < -0.3 is 14.7 Å². The van der Waals surface area contributed by atoms with E-state index < -0.39 is 0 Å². The van der Waals surface area contributed by atoms with Crippen molar-refractivity contribution in [3.63, 3.8) is 0 Å². The highest BCUT2D eigenvalue weighted by Gasteiger charge is 2.12. The van der Waals surface area contributed by atoms with Crippen molar-refractivity contribution in [3.05, 3.63) is 35.9 Å². The van der Waals surface area contributed by atoms with E-state index in [1.165, 1.54) is 0 Å². The van der Waals surface area contributed by atoms with Gasteiger partial charge >= 0.3 is 0 Å². The van der Waals surface area contributed by atoms with Crippen molar-refractivity contribution in [3.8, 4) is 0 Å². The summed E-state index contributed by atoms with van der Waals surface area (Å²) < 4.78 is 4.98. The van der Waals surface area contributed by atoms with Crippen LogP contribution in [0, 0.1) is 0 Å². The van der Waals surface area contributed by atoms with Gasteiger partial charge in [0, 0.05) is 33.2 Å². The molecule has 0 unspecified atom stereocenters. The third-order valence-electron chi connectivity index (χ3n) is 2.97. The molecule has 1 aromatic rings. The fraction of sp³-hybridized carbons (Fsp3) is 0.533. The molecule has 0 heterocycles. The maximum absolute atomic E-state index is 12.1. The molecule has 4 heteroatoms. The van der Waals surface area contributed by atoms with Gasteiger partial charge in [0.25, 0.3) is 0 Å². The van der Waals surface area contributed by atoms with Crippen LogP contribution in [0.4, 0.5) is 0 Å². The Hall–Kier alpha value is -1.39. The summed E-state index contributed by atoms with van der Waals surface area (Å²) in [6, 6.07) is 9.96. The third kappa shape index (κ3) is 6.36. The third-order valence-corrected chi connectivity index (χ3v) is 2.97. The van der Waals surface area contributed by atoms with E-state index in [1.807, 2.05) is 30.3 Å². The molecule has 0 aromatic heterocycles. The molecule has 0 saturated heterocycles. The van der Waals surface area contributed by atoms with Crippen LogP contribution in [0.25, 0.3) is 0 Å². The number of hydrogen-bond acceptors (Lipinski definition) is 3. The van der Waals surface area contributed by atoms with E-state index in [0.29, 0.717) is 26.1 Å². The first-order valence-electron chi connectivity index (χ1n) is 6.69. The zero-order valence-corrected chi connectivity index (χ0v) is 11.5. The number of methoxy groups -OCH3 is 1. The Labute approximate surface area is 115 Å². The minimum absolute atomic E-state index is 0.00403. The average Bonchev–Trinajstić information content (AvgIpc) is 2.45. The van der Waals surface area contributed by atoms with Gasteiger partial charge in [-0.3, -0.25) is 4.79 Å². The second-order valence-corrected chi connectivity index (χ2v) is 4.44. The number of carbonyl (C=O) groups is 1. The predicted octanol–water partition coefficient (Wildman–Crippen LogP) is 1.48. The normalized spacial score (nSPS) is 10.4. The van der Waals surface area contributed by atoms with Gasteiger partial charge in [-0.1, -0.05) is 30.3 Å². The molecule has 0 aliphatic carbocycles. The Balaban J connectivity index is 2.38. The van der Waals surface area contributed by atoms with Crippen LogP contribution in [0.5, 0.6) is 0 Å². The lowest BCUT2D eigenvalue weighted by molar-refractivity contribution is -0.131. The number of ether oxygens (including phenoxy) is 1. The Bertz CT molecular complexity index is 354. The molecule has 0 fully saturated rings. The summed E-state index contributed by atoms with van der Waals surface area (Å²) in [5, 5.41) is 9.00. The lowest BCUT2D eigenvalue weighted by atomic mass is 10.1. The number of amides is 1. The van der Waals surface area contributed by atoms with Crippen LogP contribution in [-0.2, 0) is 16.0 Å². The molecule has 0 aliphatic rings. The highest BCUT2D eigenvalue weighted by molar-refractivity contribution is 5.76. The van der Waals surface area contributed by atoms with Crippen LogP contribution in [0.2, 0.25) is 0 Å². The Kier molecular flexibility index (Phi) is 7.86. The van der Waals surface area contributed by atoms with Crippen molar-refractivity contribution in [1.29, 1.82) is 0 Å². The number of carbonyl (C=O) groups excluding carboxylic acids is 1. The van der Waals surface area contributed by atoms with Gasteiger partial charge in [-0.25, -0.2) is 0 Å². The first-order valence-corrected chi connectivity index (χ1v) is 6.69. The van der Waals surface area contributed by atoms with E-state index in [2.05, 4.69) is 0 Å². The van der Waals surface area contributed by atoms with E-state index in [-0.39, 0.29) is 12.5 Å². The monoisotopic (exact) mass is 265 g/mol. The Morgan fingerprint density at radius 2 is 2.00 bits per heavy atom. The molecule has 1 aromatic carbocycles. The number of benzene rings is 1. The summed E-state index contributed by atoms with van der Waals surface area (Å²) in [4.78, 5) is 13.8. The summed E-state index contributed by atoms with van der Waals surface area (Å²) in [6.07, 6.45) is 2.02. The molecule has 0 spiro atoms. The summed E-state index contributed by atoms with van der Waals surface area (Å²) >= 11 is 0. The second-order valence-electron chi connectivity index (χ2n) is 4.44. The highest BCUT2D eigenvalue weighted by atomic mass is 16.5. The van der Waals surface area contributed by atoms with Crippen molar-refractivity contribution in [2.24, 2.45) is 0 Å². The minimum Gasteiger partial charge on any atom is -0.395 e. The topological polar surface area (TPSA) is 49.8 Å². The molecular formula is C15H23NO3. The van der Waals surface area contributed by atoms with Crippen molar-refractivity contribution in [2.45, 2.75) is 19.3 Å². The van der Waals surface area contributed by atoms with Crippen molar-refractivity contribution in [1.82, 2.24) is 4.90 Å². The number of aliphatic hydroxyl groups excluding tert-OH is 1. The molecule has 0 saturated carbocycles. The molecule has 0 atom stereocenters. The lowest BCUT2D eigenvalue weighted by Crippen LogP contribution is -2.35. The first kappa shape index (κ1) is 15.7. The number of nitrogens with zero attached hydrogens (tertiary/aromatic N) is 1. The summed E-state index contributed by atoms with van der Waals surface area (Å²) in [5.74, 6) is 0.0917. The van der Waals surface area contributed by atoms with Crippen molar-refractivity contribution < 1.29 is 14.6 Å². The molecule has 0 aliphatic heterocycles. The van der Waals surface area contributed by atoms with E-state index in [4.69, 9.17) is 9.84 Å². The highest BCUT2D eigenvalue weighted by Crippen LogP contribution is 2.05. The molecule has 4 nitrogen and oxygen atoms in total. The maximum Gasteiger partial charge on any atom is 0.222 e. The zero-order valence-electron chi connectivity index (χ0n) is 11.5. The van der Waals surface area contributed by atoms with Crippen LogP contribution >= 0.6 is 0 Å². The smallest absolute Gasteiger partial charge is 0.222 e. The van der Waals surface area contributed by atoms with Gasteiger partial charge in [0.15, 0.2) is 0 Å². The molecule has 1 N–H and O–H groups in total. The molecular weight excluding hydrogens is 242 g/mol. The fourth-order valence-corrected chi connectivity index (χ4v) is 1.94. The molecule has 1 amide bonds. The number of aliphatic hydroxyl groups is 1. The van der Waals surface area contributed by atoms with Gasteiger partial charge in [-0.05, 0) is 18.4 Å². The van der Waals surface area contributed by atoms with Gasteiger partial charge in [-0.2, -0.15) is 0 Å². The lowest BCUT2D eigenvalue weighted by Gasteiger charge is -2.21. The van der Waals surface area contributed by atoms with Gasteiger partial charge in [0.05, 0.1) is 6.61 Å². The summed E-state index contributed by atoms with van der Waals surface area (Å²) in [7, 11) is 1.65. The number of rotatable bonds is 9. The zero-order chi connectivity index (χ0) is 13.9.